The van der Waals surface area contributed by atoms with Crippen LogP contribution in [0.25, 0.3) is 10.2 Å². The molecule has 2 aromatic rings. The molecule has 4 nitrogen and oxygen atoms in total. The smallest absolute Gasteiger partial charge is 0.266 e. The van der Waals surface area contributed by atoms with E-state index in [2.05, 4.69) is 11.6 Å². The number of anilines is 1. The van der Waals surface area contributed by atoms with Crippen LogP contribution in [0.5, 0.6) is 0 Å². The highest BCUT2D eigenvalue weighted by Gasteiger charge is 2.21. The minimum Gasteiger partial charge on any atom is -0.397 e. The standard InChI is InChI=1S/C15H19N3OS/c1-4-8-18(9-5-2)15(19)13-12(16)11-7-6-10(3)17-14(11)20-13/h4,6-7H,1,5,8-9,16H2,2-3H3. The van der Waals surface area contributed by atoms with Gasteiger partial charge in [0.2, 0.25) is 0 Å². The van der Waals surface area contributed by atoms with Gasteiger partial charge in [0.05, 0.1) is 5.69 Å². The van der Waals surface area contributed by atoms with Gasteiger partial charge in [-0.25, -0.2) is 4.98 Å². The second kappa shape index (κ2) is 6.05. The molecule has 0 aliphatic rings. The number of hydrogen-bond donors (Lipinski definition) is 1. The first-order chi connectivity index (χ1) is 9.58. The van der Waals surface area contributed by atoms with Crippen LogP contribution in [-0.4, -0.2) is 28.9 Å². The number of carbonyl (C=O) groups excluding carboxylic acids is 1. The molecule has 2 N–H and O–H groups in total. The number of nitrogens with two attached hydrogens (primary N) is 1. The zero-order chi connectivity index (χ0) is 14.7. The molecule has 0 fully saturated rings. The van der Waals surface area contributed by atoms with E-state index in [1.165, 1.54) is 11.3 Å². The number of pyridine rings is 1. The Balaban J connectivity index is 2.43. The van der Waals surface area contributed by atoms with E-state index in [1.54, 1.807) is 11.0 Å². The lowest BCUT2D eigenvalue weighted by molar-refractivity contribution is 0.0780. The third kappa shape index (κ3) is 2.67. The van der Waals surface area contributed by atoms with E-state index in [9.17, 15) is 4.79 Å². The van der Waals surface area contributed by atoms with E-state index < -0.39 is 0 Å². The van der Waals surface area contributed by atoms with Gasteiger partial charge in [-0.05, 0) is 25.5 Å². The fourth-order valence-corrected chi connectivity index (χ4v) is 3.20. The van der Waals surface area contributed by atoms with Crippen molar-refractivity contribution < 1.29 is 4.79 Å². The highest BCUT2D eigenvalue weighted by molar-refractivity contribution is 7.21. The van der Waals surface area contributed by atoms with Gasteiger partial charge < -0.3 is 10.6 Å². The molecule has 0 saturated heterocycles. The van der Waals surface area contributed by atoms with Crippen molar-refractivity contribution in [3.05, 3.63) is 35.4 Å². The zero-order valence-corrected chi connectivity index (χ0v) is 12.7. The lowest BCUT2D eigenvalue weighted by atomic mass is 10.2. The van der Waals surface area contributed by atoms with Crippen LogP contribution in [0.1, 0.15) is 28.7 Å². The topological polar surface area (TPSA) is 59.2 Å². The van der Waals surface area contributed by atoms with Crippen LogP contribution >= 0.6 is 11.3 Å². The highest BCUT2D eigenvalue weighted by Crippen LogP contribution is 2.33. The van der Waals surface area contributed by atoms with Crippen molar-refractivity contribution in [1.82, 2.24) is 9.88 Å². The Bertz CT molecular complexity index is 648. The molecule has 2 rings (SSSR count). The number of carbonyl (C=O) groups is 1. The Morgan fingerprint density at radius 3 is 2.95 bits per heavy atom. The molecule has 0 atom stereocenters. The van der Waals surface area contributed by atoms with Crippen LogP contribution in [0.4, 0.5) is 5.69 Å². The van der Waals surface area contributed by atoms with E-state index in [4.69, 9.17) is 5.73 Å². The lowest BCUT2D eigenvalue weighted by Crippen LogP contribution is -2.31. The van der Waals surface area contributed by atoms with E-state index in [1.807, 2.05) is 26.0 Å². The Labute approximate surface area is 122 Å². The summed E-state index contributed by atoms with van der Waals surface area (Å²) < 4.78 is 0. The Morgan fingerprint density at radius 1 is 1.55 bits per heavy atom. The van der Waals surface area contributed by atoms with Crippen molar-refractivity contribution in [2.75, 3.05) is 18.8 Å². The summed E-state index contributed by atoms with van der Waals surface area (Å²) in [5.74, 6) is -0.0371. The van der Waals surface area contributed by atoms with Gasteiger partial charge in [-0.2, -0.15) is 0 Å². The summed E-state index contributed by atoms with van der Waals surface area (Å²) in [6.07, 6.45) is 2.64. The van der Waals surface area contributed by atoms with Gasteiger partial charge in [0.1, 0.15) is 9.71 Å². The molecule has 106 valence electrons. The van der Waals surface area contributed by atoms with E-state index >= 15 is 0 Å². The van der Waals surface area contributed by atoms with E-state index in [0.29, 0.717) is 23.7 Å². The third-order valence-electron chi connectivity index (χ3n) is 3.06. The average Bonchev–Trinajstić information content (AvgIpc) is 2.74. The van der Waals surface area contributed by atoms with Gasteiger partial charge in [-0.1, -0.05) is 13.0 Å². The van der Waals surface area contributed by atoms with E-state index in [-0.39, 0.29) is 5.91 Å². The number of aryl methyl sites for hydroxylation is 1. The number of rotatable bonds is 5. The molecule has 0 aliphatic carbocycles. The van der Waals surface area contributed by atoms with Gasteiger partial charge in [0.25, 0.3) is 5.91 Å². The first-order valence-corrected chi connectivity index (χ1v) is 7.46. The maximum absolute atomic E-state index is 12.6. The van der Waals surface area contributed by atoms with Crippen molar-refractivity contribution in [1.29, 1.82) is 0 Å². The maximum atomic E-state index is 12.6. The summed E-state index contributed by atoms with van der Waals surface area (Å²) in [4.78, 5) is 20.2. The zero-order valence-electron chi connectivity index (χ0n) is 11.8. The number of aromatic nitrogens is 1. The second-order valence-corrected chi connectivity index (χ2v) is 5.69. The Hall–Kier alpha value is -1.88. The van der Waals surface area contributed by atoms with Crippen LogP contribution in [0, 0.1) is 6.92 Å². The van der Waals surface area contributed by atoms with Gasteiger partial charge in [0.15, 0.2) is 0 Å². The second-order valence-electron chi connectivity index (χ2n) is 4.69. The molecule has 0 unspecified atom stereocenters. The predicted molar refractivity (Wildman–Crippen MR) is 85.2 cm³/mol. The number of nitrogen functional groups attached to an aromatic ring is 1. The molecule has 2 aromatic heterocycles. The first kappa shape index (κ1) is 14.5. The summed E-state index contributed by atoms with van der Waals surface area (Å²) in [5, 5.41) is 0.860. The molecule has 2 heterocycles. The first-order valence-electron chi connectivity index (χ1n) is 6.64. The number of amides is 1. The Morgan fingerprint density at radius 2 is 2.30 bits per heavy atom. The summed E-state index contributed by atoms with van der Waals surface area (Å²) in [6.45, 7) is 8.91. The van der Waals surface area contributed by atoms with Crippen molar-refractivity contribution in [2.45, 2.75) is 20.3 Å². The largest absolute Gasteiger partial charge is 0.397 e. The molecule has 0 aromatic carbocycles. The number of thiophene rings is 1. The summed E-state index contributed by atoms with van der Waals surface area (Å²) in [5.41, 5.74) is 7.58. The maximum Gasteiger partial charge on any atom is 0.266 e. The molecule has 5 heteroatoms. The number of hydrogen-bond acceptors (Lipinski definition) is 4. The minimum atomic E-state index is -0.0371. The third-order valence-corrected chi connectivity index (χ3v) is 4.16. The van der Waals surface area contributed by atoms with Crippen LogP contribution in [-0.2, 0) is 0 Å². The van der Waals surface area contributed by atoms with Crippen molar-refractivity contribution in [2.24, 2.45) is 0 Å². The fourth-order valence-electron chi connectivity index (χ4n) is 2.09. The normalized spacial score (nSPS) is 10.7. The molecule has 20 heavy (non-hydrogen) atoms. The molecule has 0 saturated carbocycles. The average molecular weight is 289 g/mol. The Kier molecular flexibility index (Phi) is 4.39. The fraction of sp³-hybridized carbons (Fsp3) is 0.333. The molecule has 0 bridgehead atoms. The molecule has 1 amide bonds. The molecular weight excluding hydrogens is 270 g/mol. The minimum absolute atomic E-state index is 0.0371. The predicted octanol–water partition coefficient (Wildman–Crippen LogP) is 3.23. The number of nitrogens with zero attached hydrogens (tertiary/aromatic N) is 2. The quantitative estimate of drug-likeness (QED) is 0.860. The summed E-state index contributed by atoms with van der Waals surface area (Å²) >= 11 is 1.36. The van der Waals surface area contributed by atoms with Crippen LogP contribution in [0.15, 0.2) is 24.8 Å². The van der Waals surface area contributed by atoms with Crippen LogP contribution in [0.2, 0.25) is 0 Å². The molecular formula is C15H19N3OS. The van der Waals surface area contributed by atoms with Gasteiger partial charge in [0, 0.05) is 24.2 Å². The molecule has 0 spiro atoms. The highest BCUT2D eigenvalue weighted by atomic mass is 32.1. The van der Waals surface area contributed by atoms with Gasteiger partial charge in [-0.3, -0.25) is 4.79 Å². The van der Waals surface area contributed by atoms with Crippen LogP contribution < -0.4 is 5.73 Å². The SMILES string of the molecule is C=CCN(CCC)C(=O)c1sc2nc(C)ccc2c1N. The lowest BCUT2D eigenvalue weighted by Gasteiger charge is -2.19. The van der Waals surface area contributed by atoms with E-state index in [0.717, 1.165) is 22.3 Å². The van der Waals surface area contributed by atoms with Crippen molar-refractivity contribution in [3.63, 3.8) is 0 Å². The summed E-state index contributed by atoms with van der Waals surface area (Å²) in [7, 11) is 0. The van der Waals surface area contributed by atoms with Crippen molar-refractivity contribution in [3.8, 4) is 0 Å². The monoisotopic (exact) mass is 289 g/mol. The van der Waals surface area contributed by atoms with Gasteiger partial charge >= 0.3 is 0 Å². The molecule has 0 radical (unpaired) electrons. The van der Waals surface area contributed by atoms with Gasteiger partial charge in [-0.15, -0.1) is 17.9 Å². The van der Waals surface area contributed by atoms with Crippen molar-refractivity contribution >= 4 is 33.1 Å². The molecule has 0 aliphatic heterocycles. The number of fused-ring (bicyclic) bond motifs is 1. The summed E-state index contributed by atoms with van der Waals surface area (Å²) in [6, 6.07) is 3.84. The van der Waals surface area contributed by atoms with Crippen LogP contribution in [0.3, 0.4) is 0 Å².